The smallest absolute Gasteiger partial charge is 0.239 e. The van der Waals surface area contributed by atoms with E-state index in [1.165, 1.54) is 4.88 Å². The summed E-state index contributed by atoms with van der Waals surface area (Å²) in [6, 6.07) is 8.63. The largest absolute Gasteiger partial charge is 0.490 e. The number of rotatable bonds is 4. The minimum atomic E-state index is -0.0485. The number of amides is 1. The molecular weight excluding hydrogens is 398 g/mol. The predicted octanol–water partition coefficient (Wildman–Crippen LogP) is 4.05. The second-order valence-electron chi connectivity index (χ2n) is 8.11. The van der Waals surface area contributed by atoms with Gasteiger partial charge in [0.15, 0.2) is 11.5 Å². The van der Waals surface area contributed by atoms with E-state index in [1.807, 2.05) is 6.07 Å². The molecule has 3 aliphatic rings. The number of aryl methyl sites for hydroxylation is 1. The first-order valence-corrected chi connectivity index (χ1v) is 11.5. The molecule has 0 saturated carbocycles. The number of nitrogens with one attached hydrogen (secondary N) is 1. The van der Waals surface area contributed by atoms with Crippen LogP contribution < -0.4 is 14.8 Å². The van der Waals surface area contributed by atoms with Crippen LogP contribution in [0.1, 0.15) is 53.3 Å². The lowest BCUT2D eigenvalue weighted by Crippen LogP contribution is -2.32. The number of thiophene rings is 1. The van der Waals surface area contributed by atoms with Crippen LogP contribution >= 0.6 is 11.3 Å². The van der Waals surface area contributed by atoms with Crippen molar-refractivity contribution in [1.82, 2.24) is 4.90 Å². The van der Waals surface area contributed by atoms with Gasteiger partial charge < -0.3 is 14.8 Å². The van der Waals surface area contributed by atoms with Crippen molar-refractivity contribution in [3.8, 4) is 17.6 Å². The zero-order valence-corrected chi connectivity index (χ0v) is 17.7. The summed E-state index contributed by atoms with van der Waals surface area (Å²) in [5.41, 5.74) is 2.98. The lowest BCUT2D eigenvalue weighted by molar-refractivity contribution is -0.117. The number of likely N-dealkylation sites (tertiary alicyclic amines) is 1. The van der Waals surface area contributed by atoms with Gasteiger partial charge in [0.05, 0.1) is 25.3 Å². The van der Waals surface area contributed by atoms with Gasteiger partial charge in [-0.25, -0.2) is 0 Å². The van der Waals surface area contributed by atoms with Crippen LogP contribution in [0.2, 0.25) is 0 Å². The highest BCUT2D eigenvalue weighted by molar-refractivity contribution is 7.16. The number of nitriles is 1. The van der Waals surface area contributed by atoms with Crippen molar-refractivity contribution >= 4 is 22.2 Å². The third-order valence-electron chi connectivity index (χ3n) is 6.15. The van der Waals surface area contributed by atoms with Crippen LogP contribution in [-0.2, 0) is 17.6 Å². The van der Waals surface area contributed by atoms with Gasteiger partial charge in [-0.1, -0.05) is 6.07 Å². The van der Waals surface area contributed by atoms with Crippen molar-refractivity contribution in [3.05, 3.63) is 39.8 Å². The maximum atomic E-state index is 12.8. The maximum Gasteiger partial charge on any atom is 0.239 e. The number of carbonyl (C=O) groups excluding carboxylic acids is 1. The molecule has 1 aromatic heterocycles. The van der Waals surface area contributed by atoms with E-state index in [1.54, 1.807) is 11.3 Å². The van der Waals surface area contributed by atoms with E-state index < -0.39 is 0 Å². The first kappa shape index (κ1) is 19.4. The third-order valence-corrected chi connectivity index (χ3v) is 7.36. The summed E-state index contributed by atoms with van der Waals surface area (Å²) >= 11 is 1.57. The Hall–Kier alpha value is -2.56. The minimum Gasteiger partial charge on any atom is -0.490 e. The SMILES string of the molecule is N#Cc1c(NC(=O)CN2CCC[C@@H]2c2ccc3c(c2)OCCCO3)sc2c1CCC2. The van der Waals surface area contributed by atoms with Crippen LogP contribution in [0.25, 0.3) is 0 Å². The molecule has 1 atom stereocenters. The van der Waals surface area contributed by atoms with Gasteiger partial charge in [0, 0.05) is 17.3 Å². The van der Waals surface area contributed by atoms with Crippen LogP contribution in [0.15, 0.2) is 18.2 Å². The highest BCUT2D eigenvalue weighted by atomic mass is 32.1. The Morgan fingerprint density at radius 3 is 2.93 bits per heavy atom. The van der Waals surface area contributed by atoms with E-state index in [0.717, 1.165) is 72.7 Å². The van der Waals surface area contributed by atoms with E-state index >= 15 is 0 Å². The molecule has 1 saturated heterocycles. The monoisotopic (exact) mass is 423 g/mol. The Morgan fingerprint density at radius 1 is 1.20 bits per heavy atom. The van der Waals surface area contributed by atoms with Gasteiger partial charge in [-0.05, 0) is 61.9 Å². The van der Waals surface area contributed by atoms with Crippen molar-refractivity contribution in [3.63, 3.8) is 0 Å². The van der Waals surface area contributed by atoms with Crippen molar-refractivity contribution in [2.75, 3.05) is 31.6 Å². The molecular formula is C23H25N3O3S. The van der Waals surface area contributed by atoms with Crippen molar-refractivity contribution in [1.29, 1.82) is 5.26 Å². The molecule has 0 radical (unpaired) electrons. The summed E-state index contributed by atoms with van der Waals surface area (Å²) < 4.78 is 11.6. The number of hydrogen-bond acceptors (Lipinski definition) is 6. The van der Waals surface area contributed by atoms with E-state index in [-0.39, 0.29) is 11.9 Å². The number of hydrogen-bond donors (Lipinski definition) is 1. The van der Waals surface area contributed by atoms with Crippen LogP contribution in [0.4, 0.5) is 5.00 Å². The molecule has 0 bridgehead atoms. The summed E-state index contributed by atoms with van der Waals surface area (Å²) in [5.74, 6) is 1.55. The minimum absolute atomic E-state index is 0.0485. The fourth-order valence-corrected chi connectivity index (χ4v) is 6.00. The molecule has 1 amide bonds. The number of nitrogens with zero attached hydrogens (tertiary/aromatic N) is 2. The Balaban J connectivity index is 1.29. The Morgan fingerprint density at radius 2 is 2.07 bits per heavy atom. The second kappa shape index (κ2) is 8.29. The van der Waals surface area contributed by atoms with Crippen LogP contribution in [0.5, 0.6) is 11.5 Å². The first-order valence-electron chi connectivity index (χ1n) is 10.7. The highest BCUT2D eigenvalue weighted by Crippen LogP contribution is 2.40. The topological polar surface area (TPSA) is 74.6 Å². The average Bonchev–Trinajstić information content (AvgIpc) is 3.40. The normalized spacial score (nSPS) is 20.4. The molecule has 1 N–H and O–H groups in total. The molecule has 1 aliphatic carbocycles. The first-order chi connectivity index (χ1) is 14.7. The average molecular weight is 424 g/mol. The van der Waals surface area contributed by atoms with E-state index in [4.69, 9.17) is 9.47 Å². The van der Waals surface area contributed by atoms with Crippen molar-refractivity contribution in [2.45, 2.75) is 44.6 Å². The standard InChI is InChI=1S/C23H25N3O3S/c24-13-17-16-4-1-6-21(16)30-23(17)25-22(27)14-26-9-2-5-18(26)15-7-8-19-20(12-15)29-11-3-10-28-19/h7-8,12,18H,1-6,9-11,14H2,(H,25,27)/t18-/m1/s1. The van der Waals surface area contributed by atoms with E-state index in [2.05, 4.69) is 28.4 Å². The van der Waals surface area contributed by atoms with Crippen molar-refractivity contribution < 1.29 is 14.3 Å². The Bertz CT molecular complexity index is 1010. The van der Waals surface area contributed by atoms with Crippen LogP contribution in [0, 0.1) is 11.3 Å². The van der Waals surface area contributed by atoms with Crippen LogP contribution in [-0.4, -0.2) is 37.1 Å². The zero-order chi connectivity index (χ0) is 20.5. The fraction of sp³-hybridized carbons (Fsp3) is 0.478. The molecule has 2 aromatic rings. The number of benzene rings is 1. The summed E-state index contributed by atoms with van der Waals surface area (Å²) in [6.45, 7) is 2.56. The summed E-state index contributed by atoms with van der Waals surface area (Å²) in [5, 5.41) is 13.3. The molecule has 0 unspecified atom stereocenters. The van der Waals surface area contributed by atoms with E-state index in [0.29, 0.717) is 25.3 Å². The van der Waals surface area contributed by atoms with Gasteiger partial charge in [0.2, 0.25) is 5.91 Å². The van der Waals surface area contributed by atoms with Gasteiger partial charge in [-0.15, -0.1) is 11.3 Å². The maximum absolute atomic E-state index is 12.8. The number of ether oxygens (including phenoxy) is 2. The second-order valence-corrected chi connectivity index (χ2v) is 9.21. The number of fused-ring (bicyclic) bond motifs is 2. The lowest BCUT2D eigenvalue weighted by Gasteiger charge is -2.24. The fourth-order valence-electron chi connectivity index (χ4n) is 4.74. The molecule has 1 aromatic carbocycles. The molecule has 5 rings (SSSR count). The summed E-state index contributed by atoms with van der Waals surface area (Å²) in [7, 11) is 0. The zero-order valence-electron chi connectivity index (χ0n) is 16.9. The van der Waals surface area contributed by atoms with Crippen LogP contribution in [0.3, 0.4) is 0 Å². The number of carbonyl (C=O) groups is 1. The summed E-state index contributed by atoms with van der Waals surface area (Å²) in [4.78, 5) is 16.3. The third kappa shape index (κ3) is 3.66. The Labute approximate surface area is 180 Å². The van der Waals surface area contributed by atoms with Gasteiger partial charge in [-0.2, -0.15) is 5.26 Å². The number of anilines is 1. The Kier molecular flexibility index (Phi) is 5.36. The molecule has 3 heterocycles. The highest BCUT2D eigenvalue weighted by Gasteiger charge is 2.29. The molecule has 30 heavy (non-hydrogen) atoms. The van der Waals surface area contributed by atoms with Gasteiger partial charge in [0.25, 0.3) is 0 Å². The summed E-state index contributed by atoms with van der Waals surface area (Å²) in [6.07, 6.45) is 6.03. The molecule has 2 aliphatic heterocycles. The van der Waals surface area contributed by atoms with Gasteiger partial charge in [-0.3, -0.25) is 9.69 Å². The molecule has 0 spiro atoms. The molecule has 156 valence electrons. The quantitative estimate of drug-likeness (QED) is 0.803. The van der Waals surface area contributed by atoms with Gasteiger partial charge >= 0.3 is 0 Å². The van der Waals surface area contributed by atoms with Gasteiger partial charge in [0.1, 0.15) is 11.1 Å². The molecule has 6 nitrogen and oxygen atoms in total. The lowest BCUT2D eigenvalue weighted by atomic mass is 10.0. The molecule has 7 heteroatoms. The predicted molar refractivity (Wildman–Crippen MR) is 115 cm³/mol. The van der Waals surface area contributed by atoms with Crippen molar-refractivity contribution in [2.24, 2.45) is 0 Å². The van der Waals surface area contributed by atoms with E-state index in [9.17, 15) is 10.1 Å². The molecule has 1 fully saturated rings.